The maximum Gasteiger partial charge on any atom is 0.258 e. The van der Waals surface area contributed by atoms with Crippen molar-refractivity contribution >= 4 is 21.8 Å². The number of hydrogen-bond donors (Lipinski definition) is 3. The molecule has 4 nitrogen and oxygen atoms in total. The van der Waals surface area contributed by atoms with Gasteiger partial charge in [-0.15, -0.1) is 0 Å². The number of rotatable bonds is 5. The highest BCUT2D eigenvalue weighted by Crippen LogP contribution is 2.48. The van der Waals surface area contributed by atoms with E-state index in [0.29, 0.717) is 6.54 Å². The van der Waals surface area contributed by atoms with Crippen molar-refractivity contribution in [3.8, 4) is 11.5 Å². The van der Waals surface area contributed by atoms with Gasteiger partial charge >= 0.3 is 0 Å². The Morgan fingerprint density at radius 3 is 2.44 bits per heavy atom. The molecular weight excluding hydrogens is 298 g/mol. The largest absolute Gasteiger partial charge is 0.507 e. The second-order valence-electron chi connectivity index (χ2n) is 4.79. The molecule has 0 spiro atoms. The molecule has 1 aliphatic carbocycles. The van der Waals surface area contributed by atoms with Gasteiger partial charge in [0.25, 0.3) is 5.91 Å². The first kappa shape index (κ1) is 13.2. The number of alkyl halides is 1. The molecule has 0 saturated heterocycles. The van der Waals surface area contributed by atoms with E-state index in [-0.39, 0.29) is 22.5 Å². The van der Waals surface area contributed by atoms with Gasteiger partial charge in [0, 0.05) is 11.9 Å². The van der Waals surface area contributed by atoms with Crippen molar-refractivity contribution in [1.29, 1.82) is 0 Å². The summed E-state index contributed by atoms with van der Waals surface area (Å²) in [7, 11) is 0. The van der Waals surface area contributed by atoms with E-state index in [1.54, 1.807) is 0 Å². The highest BCUT2D eigenvalue weighted by Gasteiger charge is 2.41. The minimum atomic E-state index is -0.425. The summed E-state index contributed by atoms with van der Waals surface area (Å²) in [5.74, 6) is -0.817. The Kier molecular flexibility index (Phi) is 3.80. The molecule has 1 aliphatic rings. The Morgan fingerprint density at radius 2 is 1.94 bits per heavy atom. The van der Waals surface area contributed by atoms with E-state index in [9.17, 15) is 15.0 Å². The standard InChI is InChI=1S/C13H16BrNO3/c14-7-6-13(4-5-13)8-15-12(18)11-9(16)2-1-3-10(11)17/h1-3,16-17H,4-8H2,(H,15,18). The maximum atomic E-state index is 11.9. The summed E-state index contributed by atoms with van der Waals surface area (Å²) in [6.45, 7) is 0.588. The Morgan fingerprint density at radius 1 is 1.33 bits per heavy atom. The van der Waals surface area contributed by atoms with E-state index in [0.717, 1.165) is 24.6 Å². The van der Waals surface area contributed by atoms with Crippen LogP contribution in [0.1, 0.15) is 29.6 Å². The van der Waals surface area contributed by atoms with Gasteiger partial charge in [0.1, 0.15) is 17.1 Å². The van der Waals surface area contributed by atoms with E-state index in [2.05, 4.69) is 21.2 Å². The van der Waals surface area contributed by atoms with Crippen molar-refractivity contribution in [2.45, 2.75) is 19.3 Å². The van der Waals surface area contributed by atoms with E-state index in [1.807, 2.05) is 0 Å². The van der Waals surface area contributed by atoms with Crippen molar-refractivity contribution in [2.75, 3.05) is 11.9 Å². The smallest absolute Gasteiger partial charge is 0.258 e. The van der Waals surface area contributed by atoms with Gasteiger partial charge in [-0.05, 0) is 36.8 Å². The number of phenols is 2. The molecular formula is C13H16BrNO3. The van der Waals surface area contributed by atoms with Crippen LogP contribution in [0.5, 0.6) is 11.5 Å². The monoisotopic (exact) mass is 313 g/mol. The summed E-state index contributed by atoms with van der Waals surface area (Å²) in [4.78, 5) is 11.9. The lowest BCUT2D eigenvalue weighted by atomic mass is 10.0. The second-order valence-corrected chi connectivity index (χ2v) is 5.59. The van der Waals surface area contributed by atoms with Crippen LogP contribution in [0.3, 0.4) is 0 Å². The first-order valence-electron chi connectivity index (χ1n) is 5.93. The Balaban J connectivity index is 2.00. The fourth-order valence-electron chi connectivity index (χ4n) is 2.01. The Hall–Kier alpha value is -1.23. The molecule has 1 aromatic rings. The predicted molar refractivity (Wildman–Crippen MR) is 72.2 cm³/mol. The van der Waals surface area contributed by atoms with Gasteiger partial charge in [-0.1, -0.05) is 22.0 Å². The first-order chi connectivity index (χ1) is 8.58. The lowest BCUT2D eigenvalue weighted by Gasteiger charge is -2.15. The predicted octanol–water partition coefficient (Wildman–Crippen LogP) is 2.39. The molecule has 0 heterocycles. The van der Waals surface area contributed by atoms with E-state index in [4.69, 9.17) is 0 Å². The summed E-state index contributed by atoms with van der Waals surface area (Å²) in [6.07, 6.45) is 3.26. The van der Waals surface area contributed by atoms with Crippen LogP contribution in [0.25, 0.3) is 0 Å². The zero-order valence-electron chi connectivity index (χ0n) is 9.95. The van der Waals surface area contributed by atoms with Crippen molar-refractivity contribution in [1.82, 2.24) is 5.32 Å². The van der Waals surface area contributed by atoms with Gasteiger partial charge in [-0.2, -0.15) is 0 Å². The molecule has 1 fully saturated rings. The molecule has 2 rings (SSSR count). The fraction of sp³-hybridized carbons (Fsp3) is 0.462. The zero-order valence-corrected chi connectivity index (χ0v) is 11.5. The van der Waals surface area contributed by atoms with Gasteiger partial charge < -0.3 is 15.5 Å². The van der Waals surface area contributed by atoms with Crippen LogP contribution >= 0.6 is 15.9 Å². The molecule has 5 heteroatoms. The van der Waals surface area contributed by atoms with Gasteiger partial charge in [0.15, 0.2) is 0 Å². The van der Waals surface area contributed by atoms with Gasteiger partial charge in [0.05, 0.1) is 0 Å². The van der Waals surface area contributed by atoms with Crippen LogP contribution in [0.15, 0.2) is 18.2 Å². The lowest BCUT2D eigenvalue weighted by molar-refractivity contribution is 0.0939. The number of benzene rings is 1. The van der Waals surface area contributed by atoms with Crippen molar-refractivity contribution in [2.24, 2.45) is 5.41 Å². The fourth-order valence-corrected chi connectivity index (χ4v) is 2.85. The van der Waals surface area contributed by atoms with Crippen LogP contribution in [0.2, 0.25) is 0 Å². The summed E-state index contributed by atoms with van der Waals surface area (Å²) < 4.78 is 0. The highest BCUT2D eigenvalue weighted by molar-refractivity contribution is 9.09. The summed E-state index contributed by atoms with van der Waals surface area (Å²) >= 11 is 3.41. The molecule has 0 atom stereocenters. The number of carbonyl (C=O) groups is 1. The molecule has 0 bridgehead atoms. The third-order valence-corrected chi connectivity index (χ3v) is 3.85. The summed E-state index contributed by atoms with van der Waals surface area (Å²) in [5.41, 5.74) is 0.159. The lowest BCUT2D eigenvalue weighted by Crippen LogP contribution is -2.30. The van der Waals surface area contributed by atoms with Gasteiger partial charge in [-0.3, -0.25) is 4.79 Å². The number of carbonyl (C=O) groups excluding carboxylic acids is 1. The van der Waals surface area contributed by atoms with E-state index < -0.39 is 5.91 Å². The van der Waals surface area contributed by atoms with E-state index in [1.165, 1.54) is 18.2 Å². The van der Waals surface area contributed by atoms with Crippen LogP contribution < -0.4 is 5.32 Å². The molecule has 1 amide bonds. The zero-order chi connectivity index (χ0) is 13.2. The topological polar surface area (TPSA) is 69.6 Å². The Labute approximate surface area is 114 Å². The van der Waals surface area contributed by atoms with Crippen molar-refractivity contribution < 1.29 is 15.0 Å². The normalized spacial score (nSPS) is 16.3. The van der Waals surface area contributed by atoms with Crippen LogP contribution in [-0.4, -0.2) is 28.0 Å². The van der Waals surface area contributed by atoms with Crippen LogP contribution in [0.4, 0.5) is 0 Å². The molecule has 3 N–H and O–H groups in total. The summed E-state index contributed by atoms with van der Waals surface area (Å²) in [6, 6.07) is 4.27. The highest BCUT2D eigenvalue weighted by atomic mass is 79.9. The third-order valence-electron chi connectivity index (χ3n) is 3.45. The van der Waals surface area contributed by atoms with Gasteiger partial charge in [0.2, 0.25) is 0 Å². The van der Waals surface area contributed by atoms with Crippen molar-refractivity contribution in [3.05, 3.63) is 23.8 Å². The molecule has 0 unspecified atom stereocenters. The molecule has 1 saturated carbocycles. The number of phenolic OH excluding ortho intramolecular Hbond substituents is 2. The SMILES string of the molecule is O=C(NCC1(CCBr)CC1)c1c(O)cccc1O. The first-order valence-corrected chi connectivity index (χ1v) is 7.05. The molecule has 0 aliphatic heterocycles. The molecule has 0 aromatic heterocycles. The van der Waals surface area contributed by atoms with Crippen LogP contribution in [0, 0.1) is 5.41 Å². The Bertz CT molecular complexity index is 437. The maximum absolute atomic E-state index is 11.9. The number of nitrogens with one attached hydrogen (secondary N) is 1. The average Bonchev–Trinajstić information content (AvgIpc) is 3.07. The van der Waals surface area contributed by atoms with E-state index >= 15 is 0 Å². The molecule has 18 heavy (non-hydrogen) atoms. The minimum Gasteiger partial charge on any atom is -0.507 e. The van der Waals surface area contributed by atoms with Gasteiger partial charge in [-0.25, -0.2) is 0 Å². The number of amides is 1. The number of aromatic hydroxyl groups is 2. The third kappa shape index (κ3) is 2.77. The minimum absolute atomic E-state index is 0.0489. The van der Waals surface area contributed by atoms with Crippen LogP contribution in [-0.2, 0) is 0 Å². The molecule has 0 radical (unpaired) electrons. The molecule has 1 aromatic carbocycles. The second kappa shape index (κ2) is 5.18. The molecule has 98 valence electrons. The number of hydrogen-bond acceptors (Lipinski definition) is 3. The quantitative estimate of drug-likeness (QED) is 0.731. The van der Waals surface area contributed by atoms with Crippen molar-refractivity contribution in [3.63, 3.8) is 0 Å². The summed E-state index contributed by atoms with van der Waals surface area (Å²) in [5, 5.41) is 22.9. The number of halogens is 1. The average molecular weight is 314 g/mol.